The van der Waals surface area contributed by atoms with Crippen LogP contribution in [0.25, 0.3) is 31.6 Å². The van der Waals surface area contributed by atoms with E-state index in [9.17, 15) is 0 Å². The summed E-state index contributed by atoms with van der Waals surface area (Å²) in [7, 11) is 0. The third kappa shape index (κ3) is 3.44. The molecule has 0 spiro atoms. The van der Waals surface area contributed by atoms with Crippen LogP contribution in [0.3, 0.4) is 0 Å². The van der Waals surface area contributed by atoms with Crippen molar-refractivity contribution in [1.82, 2.24) is 9.97 Å². The van der Waals surface area contributed by atoms with Gasteiger partial charge in [-0.05, 0) is 35.4 Å². The molecule has 0 N–H and O–H groups in total. The zero-order chi connectivity index (χ0) is 21.3. The van der Waals surface area contributed by atoms with Crippen molar-refractivity contribution in [2.45, 2.75) is 0 Å². The summed E-state index contributed by atoms with van der Waals surface area (Å²) >= 11 is 3.47. The highest BCUT2D eigenvalue weighted by Gasteiger charge is 2.21. The fourth-order valence-corrected chi connectivity index (χ4v) is 6.00. The Morgan fingerprint density at radius 1 is 0.438 bits per heavy atom. The van der Waals surface area contributed by atoms with E-state index >= 15 is 0 Å². The molecule has 0 bridgehead atoms. The lowest BCUT2D eigenvalue weighted by Crippen LogP contribution is -1.96. The molecule has 0 saturated carbocycles. The summed E-state index contributed by atoms with van der Waals surface area (Å²) in [4.78, 5) is 10.1. The number of rotatable bonds is 4. The van der Waals surface area contributed by atoms with Crippen LogP contribution in [0.4, 0.5) is 0 Å². The van der Waals surface area contributed by atoms with E-state index in [2.05, 4.69) is 97.1 Å². The minimum atomic E-state index is 1.01. The smallest absolute Gasteiger partial charge is 0.125 e. The monoisotopic (exact) mass is 446 g/mol. The minimum absolute atomic E-state index is 1.01. The molecule has 4 aromatic carbocycles. The van der Waals surface area contributed by atoms with Gasteiger partial charge in [-0.2, -0.15) is 0 Å². The van der Waals surface area contributed by atoms with Gasteiger partial charge in [0.05, 0.1) is 20.4 Å². The summed E-state index contributed by atoms with van der Waals surface area (Å²) in [5.41, 5.74) is 6.58. The van der Waals surface area contributed by atoms with Gasteiger partial charge in [-0.3, -0.25) is 0 Å². The first-order valence-electron chi connectivity index (χ1n) is 10.4. The maximum Gasteiger partial charge on any atom is 0.125 e. The topological polar surface area (TPSA) is 25.8 Å². The van der Waals surface area contributed by atoms with Crippen LogP contribution in [0.1, 0.15) is 21.1 Å². The number of aromatic nitrogens is 2. The van der Waals surface area contributed by atoms with Crippen molar-refractivity contribution in [3.8, 4) is 0 Å². The molecule has 6 rings (SSSR count). The molecule has 32 heavy (non-hydrogen) atoms. The summed E-state index contributed by atoms with van der Waals surface area (Å²) < 4.78 is 2.38. The molecule has 0 aliphatic heterocycles. The highest BCUT2D eigenvalue weighted by molar-refractivity contribution is 7.20. The maximum absolute atomic E-state index is 5.05. The molecule has 0 atom stereocenters. The first kappa shape index (κ1) is 19.1. The Morgan fingerprint density at radius 2 is 0.812 bits per heavy atom. The Morgan fingerprint density at radius 3 is 1.22 bits per heavy atom. The van der Waals surface area contributed by atoms with Gasteiger partial charge in [0.25, 0.3) is 0 Å². The lowest BCUT2D eigenvalue weighted by atomic mass is 9.95. The van der Waals surface area contributed by atoms with Crippen molar-refractivity contribution in [2.75, 3.05) is 0 Å². The van der Waals surface area contributed by atoms with E-state index in [0.717, 1.165) is 43.3 Å². The Hall–Kier alpha value is -3.60. The van der Waals surface area contributed by atoms with Crippen LogP contribution in [-0.2, 0) is 0 Å². The van der Waals surface area contributed by atoms with Gasteiger partial charge in [-0.25, -0.2) is 9.97 Å². The van der Waals surface area contributed by atoms with Gasteiger partial charge >= 0.3 is 0 Å². The minimum Gasteiger partial charge on any atom is -0.236 e. The molecule has 0 fully saturated rings. The maximum atomic E-state index is 5.05. The number of benzene rings is 4. The lowest BCUT2D eigenvalue weighted by molar-refractivity contribution is 1.39. The van der Waals surface area contributed by atoms with E-state index in [1.807, 2.05) is 12.1 Å². The molecule has 0 amide bonds. The Bertz CT molecular complexity index is 1380. The third-order valence-electron chi connectivity index (χ3n) is 5.39. The first-order valence-corrected chi connectivity index (χ1v) is 12.1. The number of hydrogen-bond acceptors (Lipinski definition) is 4. The van der Waals surface area contributed by atoms with Gasteiger partial charge in [0.2, 0.25) is 0 Å². The molecule has 4 heteroatoms. The van der Waals surface area contributed by atoms with Crippen LogP contribution in [0.15, 0.2) is 109 Å². The number of para-hydroxylation sites is 2. The number of thiazole rings is 2. The van der Waals surface area contributed by atoms with Crippen LogP contribution in [0.2, 0.25) is 0 Å². The quantitative estimate of drug-likeness (QED) is 0.257. The van der Waals surface area contributed by atoms with E-state index < -0.39 is 0 Å². The van der Waals surface area contributed by atoms with Crippen molar-refractivity contribution in [3.05, 3.63) is 130 Å². The SMILES string of the molecule is c1ccc(C(=C(c2ccccc2)c2nc3ccccc3s2)c2nc3ccccc3s2)cc1. The molecule has 0 unspecified atom stereocenters. The molecular formula is C28H18N2S2. The van der Waals surface area contributed by atoms with E-state index in [1.54, 1.807) is 22.7 Å². The average molecular weight is 447 g/mol. The second-order valence-electron chi connectivity index (χ2n) is 7.46. The van der Waals surface area contributed by atoms with Crippen LogP contribution in [0.5, 0.6) is 0 Å². The second-order valence-corrected chi connectivity index (χ2v) is 9.52. The summed E-state index contributed by atoms with van der Waals surface area (Å²) in [5, 5.41) is 2.02. The van der Waals surface area contributed by atoms with Crippen molar-refractivity contribution < 1.29 is 0 Å². The highest BCUT2D eigenvalue weighted by Crippen LogP contribution is 2.41. The molecule has 0 aliphatic carbocycles. The second kappa shape index (κ2) is 8.15. The van der Waals surface area contributed by atoms with Crippen molar-refractivity contribution >= 4 is 54.3 Å². The van der Waals surface area contributed by atoms with E-state index in [-0.39, 0.29) is 0 Å². The van der Waals surface area contributed by atoms with Gasteiger partial charge in [0.15, 0.2) is 0 Å². The summed E-state index contributed by atoms with van der Waals surface area (Å²) in [6.07, 6.45) is 0. The van der Waals surface area contributed by atoms with Gasteiger partial charge in [0.1, 0.15) is 10.0 Å². The van der Waals surface area contributed by atoms with E-state index in [4.69, 9.17) is 9.97 Å². The predicted octanol–water partition coefficient (Wildman–Crippen LogP) is 7.91. The Labute approximate surface area is 194 Å². The van der Waals surface area contributed by atoms with E-state index in [1.165, 1.54) is 9.40 Å². The Balaban J connectivity index is 1.73. The fraction of sp³-hybridized carbons (Fsp3) is 0. The average Bonchev–Trinajstić information content (AvgIpc) is 3.47. The molecule has 0 saturated heterocycles. The summed E-state index contributed by atoms with van der Waals surface area (Å²) in [6, 6.07) is 37.8. The molecular weight excluding hydrogens is 428 g/mol. The third-order valence-corrected chi connectivity index (χ3v) is 7.50. The van der Waals surface area contributed by atoms with Crippen molar-refractivity contribution in [1.29, 1.82) is 0 Å². The zero-order valence-corrected chi connectivity index (χ0v) is 18.7. The van der Waals surface area contributed by atoms with Crippen LogP contribution in [-0.4, -0.2) is 9.97 Å². The normalized spacial score (nSPS) is 12.2. The number of fused-ring (bicyclic) bond motifs is 2. The fourth-order valence-electron chi connectivity index (χ4n) is 3.92. The molecule has 2 nitrogen and oxygen atoms in total. The van der Waals surface area contributed by atoms with Crippen LogP contribution < -0.4 is 0 Å². The number of hydrogen-bond donors (Lipinski definition) is 0. The molecule has 6 aromatic rings. The molecule has 152 valence electrons. The van der Waals surface area contributed by atoms with Crippen molar-refractivity contribution in [3.63, 3.8) is 0 Å². The Kier molecular flexibility index (Phi) is 4.87. The largest absolute Gasteiger partial charge is 0.236 e. The van der Waals surface area contributed by atoms with Gasteiger partial charge in [0, 0.05) is 11.1 Å². The van der Waals surface area contributed by atoms with Gasteiger partial charge in [-0.1, -0.05) is 84.9 Å². The molecule has 0 aliphatic rings. The molecule has 0 radical (unpaired) electrons. The lowest BCUT2D eigenvalue weighted by Gasteiger charge is -2.13. The summed E-state index contributed by atoms with van der Waals surface area (Å²) in [5.74, 6) is 0. The molecule has 2 aromatic heterocycles. The zero-order valence-electron chi connectivity index (χ0n) is 17.1. The predicted molar refractivity (Wildman–Crippen MR) is 137 cm³/mol. The number of nitrogens with zero attached hydrogens (tertiary/aromatic N) is 2. The van der Waals surface area contributed by atoms with Gasteiger partial charge in [-0.15, -0.1) is 22.7 Å². The van der Waals surface area contributed by atoms with E-state index in [0.29, 0.717) is 0 Å². The van der Waals surface area contributed by atoms with Crippen LogP contribution >= 0.6 is 22.7 Å². The summed E-state index contributed by atoms with van der Waals surface area (Å²) in [6.45, 7) is 0. The van der Waals surface area contributed by atoms with Crippen molar-refractivity contribution in [2.24, 2.45) is 0 Å². The van der Waals surface area contributed by atoms with Crippen LogP contribution in [0, 0.1) is 0 Å². The first-order chi connectivity index (χ1) is 15.9. The highest BCUT2D eigenvalue weighted by atomic mass is 32.1. The molecule has 2 heterocycles. The van der Waals surface area contributed by atoms with Gasteiger partial charge < -0.3 is 0 Å². The standard InChI is InChI=1S/C28H18N2S2/c1-3-11-19(12-4-1)25(27-29-21-15-7-9-17-23(21)31-27)26(20-13-5-2-6-14-20)28-30-22-16-8-10-18-24(22)32-28/h1-18H.